The molecule has 0 radical (unpaired) electrons. The minimum atomic E-state index is 0.212. The summed E-state index contributed by atoms with van der Waals surface area (Å²) in [5.41, 5.74) is 2.77. The fourth-order valence-electron chi connectivity index (χ4n) is 2.57. The van der Waals surface area contributed by atoms with Crippen LogP contribution < -0.4 is 0 Å². The van der Waals surface area contributed by atoms with Gasteiger partial charge in [-0.1, -0.05) is 0 Å². The molecule has 2 aliphatic rings. The number of rotatable bonds is 1. The molecule has 1 aliphatic carbocycles. The number of nitrogens with zero attached hydrogens (tertiary/aromatic N) is 2. The van der Waals surface area contributed by atoms with E-state index in [0.717, 1.165) is 19.4 Å². The third-order valence-corrected chi connectivity index (χ3v) is 3.46. The van der Waals surface area contributed by atoms with E-state index in [1.165, 1.54) is 43.4 Å². The molecule has 1 aromatic rings. The van der Waals surface area contributed by atoms with Crippen LogP contribution >= 0.6 is 0 Å². The van der Waals surface area contributed by atoms with Gasteiger partial charge in [0.2, 0.25) is 0 Å². The van der Waals surface area contributed by atoms with E-state index in [1.54, 1.807) is 0 Å². The van der Waals surface area contributed by atoms with Crippen molar-refractivity contribution < 1.29 is 4.74 Å². The zero-order valence-corrected chi connectivity index (χ0v) is 9.11. The van der Waals surface area contributed by atoms with Crippen LogP contribution in [0.5, 0.6) is 0 Å². The average molecular weight is 206 g/mol. The van der Waals surface area contributed by atoms with E-state index in [2.05, 4.69) is 16.0 Å². The van der Waals surface area contributed by atoms with Gasteiger partial charge in [-0.15, -0.1) is 0 Å². The maximum atomic E-state index is 5.74. The summed E-state index contributed by atoms with van der Waals surface area (Å²) in [5, 5.41) is 4.67. The first-order valence-corrected chi connectivity index (χ1v) is 6.12. The predicted octanol–water partition coefficient (Wildman–Crippen LogP) is 2.46. The monoisotopic (exact) mass is 206 g/mol. The standard InChI is InChI=1S/C12H18N2O/c1-2-6-11-10(5-1)9-14(13-11)12-7-3-4-8-15-12/h9,12H,1-8H2. The van der Waals surface area contributed by atoms with Crippen molar-refractivity contribution in [3.05, 3.63) is 17.5 Å². The normalized spacial score (nSPS) is 26.3. The van der Waals surface area contributed by atoms with Crippen LogP contribution in [0.15, 0.2) is 6.20 Å². The number of ether oxygens (including phenoxy) is 1. The predicted molar refractivity (Wildman–Crippen MR) is 57.7 cm³/mol. The zero-order valence-electron chi connectivity index (χ0n) is 9.11. The van der Waals surface area contributed by atoms with Crippen LogP contribution in [0.25, 0.3) is 0 Å². The smallest absolute Gasteiger partial charge is 0.150 e. The number of aromatic nitrogens is 2. The molecule has 1 atom stereocenters. The van der Waals surface area contributed by atoms with E-state index in [-0.39, 0.29) is 6.23 Å². The van der Waals surface area contributed by atoms with Crippen molar-refractivity contribution in [2.45, 2.75) is 51.2 Å². The van der Waals surface area contributed by atoms with Crippen molar-refractivity contribution in [2.75, 3.05) is 6.61 Å². The van der Waals surface area contributed by atoms with Crippen LogP contribution in [0.4, 0.5) is 0 Å². The lowest BCUT2D eigenvalue weighted by molar-refractivity contribution is -0.0396. The molecule has 0 aromatic carbocycles. The molecular weight excluding hydrogens is 188 g/mol. The van der Waals surface area contributed by atoms with E-state index >= 15 is 0 Å². The summed E-state index contributed by atoms with van der Waals surface area (Å²) in [6.45, 7) is 0.898. The third-order valence-electron chi connectivity index (χ3n) is 3.46. The summed E-state index contributed by atoms with van der Waals surface area (Å²) in [4.78, 5) is 0. The topological polar surface area (TPSA) is 27.1 Å². The van der Waals surface area contributed by atoms with Crippen LogP contribution in [-0.2, 0) is 17.6 Å². The molecule has 1 unspecified atom stereocenters. The average Bonchev–Trinajstić information content (AvgIpc) is 2.74. The first kappa shape index (κ1) is 9.40. The summed E-state index contributed by atoms with van der Waals surface area (Å²) in [7, 11) is 0. The molecule has 0 amide bonds. The molecular formula is C12H18N2O. The molecule has 1 aromatic heterocycles. The number of aryl methyl sites for hydroxylation is 2. The van der Waals surface area contributed by atoms with Gasteiger partial charge >= 0.3 is 0 Å². The Bertz CT molecular complexity index is 316. The zero-order chi connectivity index (χ0) is 10.1. The minimum Gasteiger partial charge on any atom is -0.357 e. The highest BCUT2D eigenvalue weighted by Gasteiger charge is 2.20. The highest BCUT2D eigenvalue weighted by molar-refractivity contribution is 5.19. The highest BCUT2D eigenvalue weighted by Crippen LogP contribution is 2.25. The molecule has 0 bridgehead atoms. The second-order valence-corrected chi connectivity index (χ2v) is 4.61. The van der Waals surface area contributed by atoms with Crippen molar-refractivity contribution in [2.24, 2.45) is 0 Å². The molecule has 15 heavy (non-hydrogen) atoms. The van der Waals surface area contributed by atoms with E-state index in [4.69, 9.17) is 4.74 Å². The molecule has 3 heteroatoms. The van der Waals surface area contributed by atoms with Crippen molar-refractivity contribution in [1.82, 2.24) is 9.78 Å². The lowest BCUT2D eigenvalue weighted by Gasteiger charge is -2.22. The molecule has 0 spiro atoms. The van der Waals surface area contributed by atoms with Gasteiger partial charge < -0.3 is 4.74 Å². The van der Waals surface area contributed by atoms with Crippen molar-refractivity contribution in [1.29, 1.82) is 0 Å². The molecule has 1 saturated heterocycles. The second-order valence-electron chi connectivity index (χ2n) is 4.61. The van der Waals surface area contributed by atoms with E-state index in [1.807, 2.05) is 0 Å². The number of fused-ring (bicyclic) bond motifs is 1. The van der Waals surface area contributed by atoms with Crippen LogP contribution in [0, 0.1) is 0 Å². The summed E-state index contributed by atoms with van der Waals surface area (Å²) in [6.07, 6.45) is 11.0. The Morgan fingerprint density at radius 1 is 1.20 bits per heavy atom. The van der Waals surface area contributed by atoms with Gasteiger partial charge in [-0.2, -0.15) is 5.10 Å². The first-order chi connectivity index (χ1) is 7.43. The quantitative estimate of drug-likeness (QED) is 0.705. The lowest BCUT2D eigenvalue weighted by Crippen LogP contribution is -2.18. The van der Waals surface area contributed by atoms with Gasteiger partial charge in [0.05, 0.1) is 5.69 Å². The molecule has 0 N–H and O–H groups in total. The summed E-state index contributed by atoms with van der Waals surface area (Å²) >= 11 is 0. The summed E-state index contributed by atoms with van der Waals surface area (Å²) in [5.74, 6) is 0. The van der Waals surface area contributed by atoms with Gasteiger partial charge in [0.1, 0.15) is 6.23 Å². The van der Waals surface area contributed by atoms with E-state index < -0.39 is 0 Å². The number of hydrogen-bond acceptors (Lipinski definition) is 2. The van der Waals surface area contributed by atoms with Gasteiger partial charge in [-0.25, -0.2) is 4.68 Å². The van der Waals surface area contributed by atoms with Crippen LogP contribution in [0.1, 0.15) is 49.6 Å². The van der Waals surface area contributed by atoms with Crippen LogP contribution in [0.2, 0.25) is 0 Å². The van der Waals surface area contributed by atoms with E-state index in [9.17, 15) is 0 Å². The molecule has 3 nitrogen and oxygen atoms in total. The van der Waals surface area contributed by atoms with Gasteiger partial charge in [0.15, 0.2) is 0 Å². The fraction of sp³-hybridized carbons (Fsp3) is 0.750. The Morgan fingerprint density at radius 3 is 2.93 bits per heavy atom. The Hall–Kier alpha value is -0.830. The summed E-state index contributed by atoms with van der Waals surface area (Å²) in [6, 6.07) is 0. The molecule has 1 aliphatic heterocycles. The maximum Gasteiger partial charge on any atom is 0.150 e. The Labute approximate surface area is 90.4 Å². The Morgan fingerprint density at radius 2 is 2.13 bits per heavy atom. The fourth-order valence-corrected chi connectivity index (χ4v) is 2.57. The molecule has 2 heterocycles. The SMILES string of the molecule is c1c2c(nn1C1CCCCO1)CCCC2. The van der Waals surface area contributed by atoms with Gasteiger partial charge in [-0.05, 0) is 50.5 Å². The van der Waals surface area contributed by atoms with Gasteiger partial charge in [-0.3, -0.25) is 0 Å². The Kier molecular flexibility index (Phi) is 2.49. The second kappa shape index (κ2) is 3.97. The van der Waals surface area contributed by atoms with E-state index in [0.29, 0.717) is 0 Å². The third kappa shape index (κ3) is 1.81. The highest BCUT2D eigenvalue weighted by atomic mass is 16.5. The van der Waals surface area contributed by atoms with Gasteiger partial charge in [0, 0.05) is 12.8 Å². The Balaban J connectivity index is 1.82. The van der Waals surface area contributed by atoms with Gasteiger partial charge in [0.25, 0.3) is 0 Å². The molecule has 3 rings (SSSR count). The molecule has 0 saturated carbocycles. The maximum absolute atomic E-state index is 5.74. The minimum absolute atomic E-state index is 0.212. The summed E-state index contributed by atoms with van der Waals surface area (Å²) < 4.78 is 7.81. The van der Waals surface area contributed by atoms with Crippen LogP contribution in [-0.4, -0.2) is 16.4 Å². The van der Waals surface area contributed by atoms with Crippen LogP contribution in [0.3, 0.4) is 0 Å². The number of hydrogen-bond donors (Lipinski definition) is 0. The molecule has 82 valence electrons. The van der Waals surface area contributed by atoms with Crippen molar-refractivity contribution in [3.63, 3.8) is 0 Å². The first-order valence-electron chi connectivity index (χ1n) is 6.12. The molecule has 1 fully saturated rings. The van der Waals surface area contributed by atoms with Crippen molar-refractivity contribution in [3.8, 4) is 0 Å². The van der Waals surface area contributed by atoms with Crippen molar-refractivity contribution >= 4 is 0 Å². The largest absolute Gasteiger partial charge is 0.357 e. The lowest BCUT2D eigenvalue weighted by atomic mass is 9.99.